The predicted octanol–water partition coefficient (Wildman–Crippen LogP) is 1.95. The summed E-state index contributed by atoms with van der Waals surface area (Å²) in [4.78, 5) is 15.8. The van der Waals surface area contributed by atoms with Gasteiger partial charge in [0.25, 0.3) is 0 Å². The lowest BCUT2D eigenvalue weighted by Gasteiger charge is -2.36. The van der Waals surface area contributed by atoms with Crippen LogP contribution in [-0.2, 0) is 4.79 Å². The molecule has 0 unspecified atom stereocenters. The van der Waals surface area contributed by atoms with E-state index < -0.39 is 6.61 Å². The second kappa shape index (κ2) is 8.08. The largest absolute Gasteiger partial charge is 0.387 e. The van der Waals surface area contributed by atoms with E-state index in [2.05, 4.69) is 53.4 Å². The van der Waals surface area contributed by atoms with Crippen molar-refractivity contribution < 1.29 is 9.90 Å². The van der Waals surface area contributed by atoms with Crippen LogP contribution in [-0.4, -0.2) is 60.1 Å². The highest BCUT2D eigenvalue weighted by Gasteiger charge is 2.24. The van der Waals surface area contributed by atoms with E-state index in [0.717, 1.165) is 19.6 Å². The van der Waals surface area contributed by atoms with E-state index in [4.69, 9.17) is 5.11 Å². The topological polar surface area (TPSA) is 43.8 Å². The van der Waals surface area contributed by atoms with Crippen LogP contribution in [0.2, 0.25) is 0 Å². The van der Waals surface area contributed by atoms with Gasteiger partial charge in [-0.2, -0.15) is 0 Å². The highest BCUT2D eigenvalue weighted by Crippen LogP contribution is 2.26. The Morgan fingerprint density at radius 3 is 1.83 bits per heavy atom. The molecule has 0 aromatic heterocycles. The van der Waals surface area contributed by atoms with Crippen LogP contribution in [0.25, 0.3) is 0 Å². The van der Waals surface area contributed by atoms with Crippen molar-refractivity contribution in [2.75, 3.05) is 39.3 Å². The fourth-order valence-corrected chi connectivity index (χ4v) is 3.31. The van der Waals surface area contributed by atoms with Gasteiger partial charge in [0, 0.05) is 38.6 Å². The van der Waals surface area contributed by atoms with Gasteiger partial charge in [-0.25, -0.2) is 0 Å². The van der Waals surface area contributed by atoms with Crippen LogP contribution in [0.4, 0.5) is 0 Å². The SMILES string of the molecule is O=C(CO)N1CCN(CC(c2ccccc2)c2ccccc2)CC1. The number of hydrogen-bond acceptors (Lipinski definition) is 3. The second-order valence-electron chi connectivity index (χ2n) is 6.21. The number of rotatable bonds is 5. The van der Waals surface area contributed by atoms with E-state index in [9.17, 15) is 4.79 Å². The lowest BCUT2D eigenvalue weighted by molar-refractivity contribution is -0.135. The molecule has 2 aromatic rings. The Morgan fingerprint density at radius 2 is 1.38 bits per heavy atom. The van der Waals surface area contributed by atoms with Crippen molar-refractivity contribution in [2.45, 2.75) is 5.92 Å². The zero-order valence-electron chi connectivity index (χ0n) is 13.8. The van der Waals surface area contributed by atoms with Crippen LogP contribution in [0.5, 0.6) is 0 Å². The smallest absolute Gasteiger partial charge is 0.248 e. The molecule has 0 atom stereocenters. The quantitative estimate of drug-likeness (QED) is 0.914. The molecule has 1 aliphatic rings. The van der Waals surface area contributed by atoms with E-state index in [1.54, 1.807) is 4.90 Å². The molecule has 24 heavy (non-hydrogen) atoms. The highest BCUT2D eigenvalue weighted by atomic mass is 16.3. The second-order valence-corrected chi connectivity index (χ2v) is 6.21. The number of benzene rings is 2. The number of aliphatic hydroxyl groups excluding tert-OH is 1. The molecular formula is C20H24N2O2. The van der Waals surface area contributed by atoms with Gasteiger partial charge < -0.3 is 10.0 Å². The van der Waals surface area contributed by atoms with Crippen molar-refractivity contribution in [2.24, 2.45) is 0 Å². The third-order valence-corrected chi connectivity index (χ3v) is 4.70. The summed E-state index contributed by atoms with van der Waals surface area (Å²) in [5.74, 6) is 0.157. The first-order valence-electron chi connectivity index (χ1n) is 8.49. The summed E-state index contributed by atoms with van der Waals surface area (Å²) < 4.78 is 0. The number of piperazine rings is 1. The lowest BCUT2D eigenvalue weighted by Crippen LogP contribution is -2.50. The van der Waals surface area contributed by atoms with Gasteiger partial charge in [0.1, 0.15) is 6.61 Å². The molecule has 1 heterocycles. The molecular weight excluding hydrogens is 300 g/mol. The molecule has 4 heteroatoms. The number of carbonyl (C=O) groups is 1. The van der Waals surface area contributed by atoms with E-state index >= 15 is 0 Å². The summed E-state index contributed by atoms with van der Waals surface area (Å²) in [6.45, 7) is 3.63. The Hall–Kier alpha value is -2.17. The molecule has 4 nitrogen and oxygen atoms in total. The first-order valence-corrected chi connectivity index (χ1v) is 8.49. The Labute approximate surface area is 143 Å². The Morgan fingerprint density at radius 1 is 0.875 bits per heavy atom. The van der Waals surface area contributed by atoms with Gasteiger partial charge in [0.15, 0.2) is 0 Å². The van der Waals surface area contributed by atoms with Crippen molar-refractivity contribution >= 4 is 5.91 Å². The summed E-state index contributed by atoms with van der Waals surface area (Å²) in [5, 5.41) is 8.99. The standard InChI is InChI=1S/C20H24N2O2/c23-16-20(24)22-13-11-21(12-14-22)15-19(17-7-3-1-4-8-17)18-9-5-2-6-10-18/h1-10,19,23H,11-16H2. The van der Waals surface area contributed by atoms with E-state index in [-0.39, 0.29) is 5.91 Å². The van der Waals surface area contributed by atoms with Gasteiger partial charge in [0.05, 0.1) is 0 Å². The number of hydrogen-bond donors (Lipinski definition) is 1. The predicted molar refractivity (Wildman–Crippen MR) is 94.8 cm³/mol. The molecule has 1 saturated heterocycles. The van der Waals surface area contributed by atoms with Gasteiger partial charge in [-0.3, -0.25) is 9.69 Å². The number of carbonyl (C=O) groups excluding carboxylic acids is 1. The van der Waals surface area contributed by atoms with Gasteiger partial charge in [-0.05, 0) is 11.1 Å². The van der Waals surface area contributed by atoms with Crippen LogP contribution >= 0.6 is 0 Å². The average molecular weight is 324 g/mol. The summed E-state index contributed by atoms with van der Waals surface area (Å²) in [7, 11) is 0. The number of nitrogens with zero attached hydrogens (tertiary/aromatic N) is 2. The summed E-state index contributed by atoms with van der Waals surface area (Å²) >= 11 is 0. The molecule has 2 aromatic carbocycles. The molecule has 0 spiro atoms. The zero-order chi connectivity index (χ0) is 16.8. The van der Waals surface area contributed by atoms with Crippen LogP contribution < -0.4 is 0 Å². The van der Waals surface area contributed by atoms with Gasteiger partial charge in [-0.1, -0.05) is 60.7 Å². The first-order chi connectivity index (χ1) is 11.8. The van der Waals surface area contributed by atoms with E-state index in [1.807, 2.05) is 12.1 Å². The molecule has 1 amide bonds. The highest BCUT2D eigenvalue weighted by molar-refractivity contribution is 5.77. The third-order valence-electron chi connectivity index (χ3n) is 4.70. The number of aliphatic hydroxyl groups is 1. The minimum Gasteiger partial charge on any atom is -0.387 e. The van der Waals surface area contributed by atoms with Gasteiger partial charge in [0.2, 0.25) is 5.91 Å². The van der Waals surface area contributed by atoms with Crippen LogP contribution in [0.1, 0.15) is 17.0 Å². The van der Waals surface area contributed by atoms with Crippen LogP contribution in [0, 0.1) is 0 Å². The van der Waals surface area contributed by atoms with Gasteiger partial charge >= 0.3 is 0 Å². The van der Waals surface area contributed by atoms with Crippen molar-refractivity contribution in [1.29, 1.82) is 0 Å². The van der Waals surface area contributed by atoms with Crippen LogP contribution in [0.15, 0.2) is 60.7 Å². The monoisotopic (exact) mass is 324 g/mol. The van der Waals surface area contributed by atoms with Crippen molar-refractivity contribution in [3.05, 3.63) is 71.8 Å². The van der Waals surface area contributed by atoms with Crippen molar-refractivity contribution in [3.8, 4) is 0 Å². The Kier molecular flexibility index (Phi) is 5.62. The minimum absolute atomic E-state index is 0.169. The molecule has 0 saturated carbocycles. The zero-order valence-corrected chi connectivity index (χ0v) is 13.8. The lowest BCUT2D eigenvalue weighted by atomic mass is 9.90. The van der Waals surface area contributed by atoms with E-state index in [1.165, 1.54) is 11.1 Å². The van der Waals surface area contributed by atoms with Crippen molar-refractivity contribution in [1.82, 2.24) is 9.80 Å². The third kappa shape index (κ3) is 4.02. The molecule has 1 N–H and O–H groups in total. The summed E-state index contributed by atoms with van der Waals surface area (Å²) in [6.07, 6.45) is 0. The fraction of sp³-hybridized carbons (Fsp3) is 0.350. The molecule has 1 aliphatic heterocycles. The molecule has 126 valence electrons. The molecule has 0 aliphatic carbocycles. The Balaban J connectivity index is 1.71. The first kappa shape index (κ1) is 16.7. The number of amides is 1. The normalized spacial score (nSPS) is 15.7. The molecule has 0 radical (unpaired) electrons. The Bertz CT molecular complexity index is 598. The molecule has 1 fully saturated rings. The molecule has 3 rings (SSSR count). The van der Waals surface area contributed by atoms with E-state index in [0.29, 0.717) is 19.0 Å². The maximum atomic E-state index is 11.6. The minimum atomic E-state index is -0.392. The fourth-order valence-electron chi connectivity index (χ4n) is 3.31. The van der Waals surface area contributed by atoms with Crippen LogP contribution in [0.3, 0.4) is 0 Å². The summed E-state index contributed by atoms with van der Waals surface area (Å²) in [5.41, 5.74) is 2.63. The van der Waals surface area contributed by atoms with Crippen molar-refractivity contribution in [3.63, 3.8) is 0 Å². The maximum Gasteiger partial charge on any atom is 0.248 e. The summed E-state index contributed by atoms with van der Waals surface area (Å²) in [6, 6.07) is 21.2. The molecule has 0 bridgehead atoms. The average Bonchev–Trinajstić information content (AvgIpc) is 2.67. The maximum absolute atomic E-state index is 11.6. The van der Waals surface area contributed by atoms with Gasteiger partial charge in [-0.15, -0.1) is 0 Å².